The van der Waals surface area contributed by atoms with Crippen LogP contribution < -0.4 is 20.4 Å². The summed E-state index contributed by atoms with van der Waals surface area (Å²) < 4.78 is 21.2. The van der Waals surface area contributed by atoms with Crippen molar-refractivity contribution >= 4 is 46.9 Å². The number of nitrogens with zero attached hydrogens (tertiary/aromatic N) is 2. The quantitative estimate of drug-likeness (QED) is 0.0563. The lowest BCUT2D eigenvalue weighted by atomic mass is 10.0. The van der Waals surface area contributed by atoms with Crippen molar-refractivity contribution in [2.75, 3.05) is 62.5 Å². The molecule has 0 atom stereocenters. The SMILES string of the molecule is O=C(CCCC(=O)OCCOCCOCCOC(=O)CCCC(=O)NCCC(=O)N1Cc2ccccc2C#Cc2ccccc21)NCCC(=O)N1Cc2ccccc2C#Cc2ccccc21. The first-order valence-electron chi connectivity index (χ1n) is 22.2. The van der Waals surface area contributed by atoms with E-state index in [1.54, 1.807) is 9.80 Å². The molecule has 2 aliphatic rings. The Morgan fingerprint density at radius 1 is 0.439 bits per heavy atom. The van der Waals surface area contributed by atoms with Gasteiger partial charge in [-0.2, -0.15) is 0 Å². The number of esters is 2. The minimum absolute atomic E-state index is 0.0513. The normalized spacial score (nSPS) is 12.0. The number of hydrogen-bond donors (Lipinski definition) is 2. The topological polar surface area (TPSA) is 170 Å². The maximum atomic E-state index is 13.3. The van der Waals surface area contributed by atoms with Crippen molar-refractivity contribution in [1.82, 2.24) is 10.6 Å². The number of hydrogen-bond acceptors (Lipinski definition) is 10. The fourth-order valence-electron chi connectivity index (χ4n) is 7.16. The molecule has 0 radical (unpaired) electrons. The summed E-state index contributed by atoms with van der Waals surface area (Å²) in [6.07, 6.45) is 1.19. The number of benzene rings is 4. The molecule has 0 unspecified atom stereocenters. The predicted molar refractivity (Wildman–Crippen MR) is 247 cm³/mol. The Hall–Kier alpha value is -7.26. The molecule has 14 heteroatoms. The Bertz CT molecular complexity index is 2310. The van der Waals surface area contributed by atoms with Crippen LogP contribution in [0.1, 0.15) is 84.7 Å². The first-order chi connectivity index (χ1) is 32.2. The fraction of sp³-hybridized carbons (Fsp3) is 0.346. The predicted octanol–water partition coefficient (Wildman–Crippen LogP) is 5.35. The number of rotatable bonds is 23. The number of fused-ring (bicyclic) bond motifs is 4. The lowest BCUT2D eigenvalue weighted by Crippen LogP contribution is -2.35. The molecule has 4 aromatic rings. The van der Waals surface area contributed by atoms with Gasteiger partial charge in [0, 0.05) is 73.9 Å². The third-order valence-corrected chi connectivity index (χ3v) is 10.6. The largest absolute Gasteiger partial charge is 0.463 e. The molecule has 0 saturated carbocycles. The minimum atomic E-state index is -0.445. The minimum Gasteiger partial charge on any atom is -0.463 e. The van der Waals surface area contributed by atoms with E-state index in [0.29, 0.717) is 25.9 Å². The van der Waals surface area contributed by atoms with Crippen molar-refractivity contribution in [1.29, 1.82) is 0 Å². The number of nitrogens with one attached hydrogen (secondary N) is 2. The van der Waals surface area contributed by atoms with Gasteiger partial charge in [0.2, 0.25) is 23.6 Å². The summed E-state index contributed by atoms with van der Waals surface area (Å²) in [5, 5.41) is 5.55. The summed E-state index contributed by atoms with van der Waals surface area (Å²) in [6.45, 7) is 2.01. The molecule has 14 nitrogen and oxygen atoms in total. The highest BCUT2D eigenvalue weighted by Crippen LogP contribution is 2.27. The van der Waals surface area contributed by atoms with E-state index in [1.165, 1.54) is 0 Å². The summed E-state index contributed by atoms with van der Waals surface area (Å²) in [4.78, 5) is 79.2. The molecule has 66 heavy (non-hydrogen) atoms. The molecule has 2 aliphatic heterocycles. The summed E-state index contributed by atoms with van der Waals surface area (Å²) in [5.41, 5.74) is 6.64. The highest BCUT2D eigenvalue weighted by molar-refractivity contribution is 5.96. The van der Waals surface area contributed by atoms with Crippen LogP contribution in [0.15, 0.2) is 97.1 Å². The van der Waals surface area contributed by atoms with Gasteiger partial charge in [0.05, 0.1) is 50.9 Å². The number of anilines is 2. The second-order valence-corrected chi connectivity index (χ2v) is 15.4. The molecule has 4 aromatic carbocycles. The molecule has 0 bridgehead atoms. The van der Waals surface area contributed by atoms with Gasteiger partial charge < -0.3 is 39.4 Å². The molecule has 0 spiro atoms. The van der Waals surface area contributed by atoms with Crippen molar-refractivity contribution in [3.63, 3.8) is 0 Å². The Labute approximate surface area is 385 Å². The van der Waals surface area contributed by atoms with Gasteiger partial charge in [-0.25, -0.2) is 0 Å². The Kier molecular flexibility index (Phi) is 18.9. The van der Waals surface area contributed by atoms with Crippen LogP contribution in [0, 0.1) is 23.7 Å². The van der Waals surface area contributed by atoms with E-state index in [9.17, 15) is 28.8 Å². The van der Waals surface area contributed by atoms with Crippen molar-refractivity contribution < 1.29 is 47.7 Å². The average molecular weight is 895 g/mol. The third kappa shape index (κ3) is 15.2. The maximum absolute atomic E-state index is 13.3. The van der Waals surface area contributed by atoms with E-state index in [4.69, 9.17) is 18.9 Å². The molecule has 4 amide bonds. The molecule has 342 valence electrons. The molecule has 2 N–H and O–H groups in total. The fourth-order valence-corrected chi connectivity index (χ4v) is 7.16. The number of amides is 4. The molecule has 2 heterocycles. The van der Waals surface area contributed by atoms with Gasteiger partial charge in [0.25, 0.3) is 0 Å². The van der Waals surface area contributed by atoms with Gasteiger partial charge in [-0.15, -0.1) is 0 Å². The van der Waals surface area contributed by atoms with Crippen molar-refractivity contribution in [2.45, 2.75) is 64.5 Å². The average Bonchev–Trinajstić information content (AvgIpc) is 3.31. The first-order valence-corrected chi connectivity index (χ1v) is 22.2. The Morgan fingerprint density at radius 2 is 0.803 bits per heavy atom. The van der Waals surface area contributed by atoms with Crippen LogP contribution in [0.5, 0.6) is 0 Å². The van der Waals surface area contributed by atoms with E-state index >= 15 is 0 Å². The Balaban J connectivity index is 0.725. The number of para-hydroxylation sites is 2. The van der Waals surface area contributed by atoms with Gasteiger partial charge in [-0.1, -0.05) is 84.3 Å². The second kappa shape index (κ2) is 25.9. The number of ether oxygens (including phenoxy) is 4. The van der Waals surface area contributed by atoms with Gasteiger partial charge in [-0.05, 0) is 60.4 Å². The van der Waals surface area contributed by atoms with E-state index in [2.05, 4.69) is 34.3 Å². The molecule has 0 aliphatic carbocycles. The highest BCUT2D eigenvalue weighted by Gasteiger charge is 2.23. The first kappa shape index (κ1) is 48.2. The molecule has 0 saturated heterocycles. The van der Waals surface area contributed by atoms with Crippen LogP contribution >= 0.6 is 0 Å². The maximum Gasteiger partial charge on any atom is 0.305 e. The zero-order valence-electron chi connectivity index (χ0n) is 36.9. The van der Waals surface area contributed by atoms with Gasteiger partial charge in [0.1, 0.15) is 13.2 Å². The van der Waals surface area contributed by atoms with Crippen molar-refractivity contribution in [3.05, 3.63) is 130 Å². The summed E-state index contributed by atoms with van der Waals surface area (Å²) in [5.74, 6) is 11.1. The van der Waals surface area contributed by atoms with Gasteiger partial charge in [-0.3, -0.25) is 28.8 Å². The highest BCUT2D eigenvalue weighted by atomic mass is 16.6. The van der Waals surface area contributed by atoms with Crippen LogP contribution in [-0.2, 0) is 60.8 Å². The van der Waals surface area contributed by atoms with E-state index in [1.807, 2.05) is 97.1 Å². The number of carbonyl (C=O) groups excluding carboxylic acids is 6. The molecule has 0 aromatic heterocycles. The van der Waals surface area contributed by atoms with Crippen LogP contribution in [0.2, 0.25) is 0 Å². The van der Waals surface area contributed by atoms with E-state index in [0.717, 1.165) is 44.8 Å². The van der Waals surface area contributed by atoms with E-state index < -0.39 is 11.9 Å². The third-order valence-electron chi connectivity index (χ3n) is 10.6. The zero-order chi connectivity index (χ0) is 46.4. The lowest BCUT2D eigenvalue weighted by molar-refractivity contribution is -0.147. The van der Waals surface area contributed by atoms with Crippen molar-refractivity contribution in [2.24, 2.45) is 0 Å². The standard InChI is InChI=1S/C52H54N4O10/c57-47(53-29-27-49(59)55-37-43-15-3-1-11-39(43)23-25-41-13-5-7-17-45(41)55)19-9-21-51(61)65-35-33-63-31-32-64-34-36-66-52(62)22-10-20-48(58)54-30-28-50(60)56-38-44-16-4-2-12-40(44)24-26-42-14-6-8-18-46(42)56/h1-8,11-18H,9-10,19-22,27-38H2,(H,53,57)(H,54,58). The van der Waals surface area contributed by atoms with Gasteiger partial charge >= 0.3 is 11.9 Å². The summed E-state index contributed by atoms with van der Waals surface area (Å²) >= 11 is 0. The summed E-state index contributed by atoms with van der Waals surface area (Å²) in [7, 11) is 0. The molecule has 0 fully saturated rings. The lowest BCUT2D eigenvalue weighted by Gasteiger charge is -2.26. The summed E-state index contributed by atoms with van der Waals surface area (Å²) in [6, 6.07) is 30.5. The van der Waals surface area contributed by atoms with Crippen LogP contribution in [0.25, 0.3) is 0 Å². The molecular weight excluding hydrogens is 841 g/mol. The second-order valence-electron chi connectivity index (χ2n) is 15.4. The molecule has 6 rings (SSSR count). The monoisotopic (exact) mass is 894 g/mol. The van der Waals surface area contributed by atoms with Crippen LogP contribution in [0.4, 0.5) is 11.4 Å². The zero-order valence-corrected chi connectivity index (χ0v) is 36.9. The van der Waals surface area contributed by atoms with Crippen LogP contribution in [-0.4, -0.2) is 88.3 Å². The van der Waals surface area contributed by atoms with E-state index in [-0.39, 0.29) is 115 Å². The smallest absolute Gasteiger partial charge is 0.305 e. The Morgan fingerprint density at radius 3 is 1.24 bits per heavy atom. The number of carbonyl (C=O) groups is 6. The molecular formula is C52H54N4O10. The van der Waals surface area contributed by atoms with Crippen LogP contribution in [0.3, 0.4) is 0 Å². The van der Waals surface area contributed by atoms with Crippen molar-refractivity contribution in [3.8, 4) is 23.7 Å². The van der Waals surface area contributed by atoms with Gasteiger partial charge in [0.15, 0.2) is 0 Å².